The molecule has 0 saturated carbocycles. The Balaban J connectivity index is 2.01. The van der Waals surface area contributed by atoms with E-state index in [0.717, 1.165) is 11.1 Å². The number of nitriles is 2. The van der Waals surface area contributed by atoms with Gasteiger partial charge in [0.05, 0.1) is 11.1 Å². The van der Waals surface area contributed by atoms with Crippen molar-refractivity contribution in [1.82, 2.24) is 0 Å². The predicted molar refractivity (Wildman–Crippen MR) is 138 cm³/mol. The largest absolute Gasteiger partial charge is 0.192 e. The first kappa shape index (κ1) is 24.4. The van der Waals surface area contributed by atoms with Crippen LogP contribution in [0.15, 0.2) is 60.7 Å². The molecule has 34 heavy (non-hydrogen) atoms. The van der Waals surface area contributed by atoms with Crippen molar-refractivity contribution in [3.05, 3.63) is 105 Å². The van der Waals surface area contributed by atoms with E-state index in [9.17, 15) is 10.5 Å². The fourth-order valence-corrected chi connectivity index (χ4v) is 3.38. The first-order chi connectivity index (χ1) is 16.0. The van der Waals surface area contributed by atoms with Crippen molar-refractivity contribution in [3.63, 3.8) is 0 Å². The van der Waals surface area contributed by atoms with Crippen LogP contribution in [0.2, 0.25) is 0 Å². The Morgan fingerprint density at radius 2 is 0.794 bits per heavy atom. The van der Waals surface area contributed by atoms with E-state index in [0.29, 0.717) is 22.3 Å². The van der Waals surface area contributed by atoms with E-state index in [-0.39, 0.29) is 10.8 Å². The summed E-state index contributed by atoms with van der Waals surface area (Å²) in [5.41, 5.74) is 6.27. The number of benzene rings is 3. The van der Waals surface area contributed by atoms with Crippen molar-refractivity contribution in [3.8, 4) is 35.8 Å². The molecule has 0 atom stereocenters. The molecule has 0 radical (unpaired) electrons. The van der Waals surface area contributed by atoms with Crippen molar-refractivity contribution in [2.45, 2.75) is 52.4 Å². The summed E-state index contributed by atoms with van der Waals surface area (Å²) >= 11 is 0. The third-order valence-corrected chi connectivity index (χ3v) is 5.58. The van der Waals surface area contributed by atoms with E-state index in [1.165, 1.54) is 11.1 Å². The summed E-state index contributed by atoms with van der Waals surface area (Å²) in [5, 5.41) is 18.9. The molecule has 0 saturated heterocycles. The molecule has 0 aliphatic rings. The lowest BCUT2D eigenvalue weighted by Gasteiger charge is -2.18. The average Bonchev–Trinajstić information content (AvgIpc) is 2.80. The molecule has 2 nitrogen and oxygen atoms in total. The fourth-order valence-electron chi connectivity index (χ4n) is 3.38. The van der Waals surface area contributed by atoms with Gasteiger partial charge in [0, 0.05) is 22.3 Å². The van der Waals surface area contributed by atoms with Gasteiger partial charge in [-0.15, -0.1) is 0 Å². The quantitative estimate of drug-likeness (QED) is 0.360. The Labute approximate surface area is 203 Å². The van der Waals surface area contributed by atoms with Crippen LogP contribution in [0.5, 0.6) is 0 Å². The van der Waals surface area contributed by atoms with Gasteiger partial charge in [-0.1, -0.05) is 89.5 Å². The van der Waals surface area contributed by atoms with Gasteiger partial charge in [-0.05, 0) is 58.4 Å². The summed E-state index contributed by atoms with van der Waals surface area (Å²) < 4.78 is 0. The van der Waals surface area contributed by atoms with E-state index in [2.05, 4.69) is 102 Å². The molecule has 0 N–H and O–H groups in total. The molecule has 0 aromatic heterocycles. The van der Waals surface area contributed by atoms with E-state index in [1.807, 2.05) is 24.3 Å². The summed E-state index contributed by atoms with van der Waals surface area (Å²) in [6.45, 7) is 13.1. The first-order valence-electron chi connectivity index (χ1n) is 11.2. The molecule has 0 aliphatic heterocycles. The molecule has 0 heterocycles. The van der Waals surface area contributed by atoms with Crippen LogP contribution in [0.25, 0.3) is 0 Å². The predicted octanol–water partition coefficient (Wildman–Crippen LogP) is 6.82. The Kier molecular flexibility index (Phi) is 6.97. The average molecular weight is 441 g/mol. The van der Waals surface area contributed by atoms with Gasteiger partial charge in [-0.25, -0.2) is 0 Å². The maximum Gasteiger partial charge on any atom is 0.101 e. The number of hydrogen-bond acceptors (Lipinski definition) is 2. The SMILES string of the molecule is CC(C)(C)c1ccc(C#Cc2cc(C#N)c(C#N)cc2C#Cc2ccc(C(C)(C)C)cc2)cc1. The van der Waals surface area contributed by atoms with Gasteiger partial charge in [0.2, 0.25) is 0 Å². The summed E-state index contributed by atoms with van der Waals surface area (Å²) in [5.74, 6) is 12.7. The lowest BCUT2D eigenvalue weighted by atomic mass is 9.87. The smallest absolute Gasteiger partial charge is 0.101 e. The molecule has 3 aromatic rings. The Morgan fingerprint density at radius 1 is 0.471 bits per heavy atom. The maximum absolute atomic E-state index is 9.47. The molecule has 0 amide bonds. The van der Waals surface area contributed by atoms with Gasteiger partial charge in [0.25, 0.3) is 0 Å². The van der Waals surface area contributed by atoms with Crippen molar-refractivity contribution < 1.29 is 0 Å². The zero-order chi connectivity index (χ0) is 24.9. The topological polar surface area (TPSA) is 47.6 Å². The Bertz CT molecular complexity index is 1290. The van der Waals surface area contributed by atoms with Crippen molar-refractivity contribution in [2.24, 2.45) is 0 Å². The van der Waals surface area contributed by atoms with Crippen LogP contribution >= 0.6 is 0 Å². The van der Waals surface area contributed by atoms with Crippen LogP contribution in [0.3, 0.4) is 0 Å². The summed E-state index contributed by atoms with van der Waals surface area (Å²) in [6, 6.07) is 23.9. The molecule has 0 fully saturated rings. The van der Waals surface area contributed by atoms with Crippen molar-refractivity contribution in [1.29, 1.82) is 10.5 Å². The van der Waals surface area contributed by atoms with Gasteiger partial charge in [0.1, 0.15) is 12.1 Å². The zero-order valence-corrected chi connectivity index (χ0v) is 20.7. The molecule has 3 aromatic carbocycles. The molecule has 0 bridgehead atoms. The maximum atomic E-state index is 9.47. The monoisotopic (exact) mass is 440 g/mol. The number of rotatable bonds is 0. The molecule has 3 rings (SSSR count). The van der Waals surface area contributed by atoms with Crippen LogP contribution in [0.4, 0.5) is 0 Å². The standard InChI is InChI=1S/C32H28N2/c1-31(2,3)29-15-9-23(10-16-29)7-13-25-19-27(21-33)28(22-34)20-26(25)14-8-24-11-17-30(18-12-24)32(4,5)6/h9-12,15-20H,1-6H3. The van der Waals surface area contributed by atoms with E-state index in [4.69, 9.17) is 0 Å². The highest BCUT2D eigenvalue weighted by atomic mass is 14.3. The van der Waals surface area contributed by atoms with Gasteiger partial charge < -0.3 is 0 Å². The molecule has 2 heteroatoms. The Hall–Kier alpha value is -4.24. The molecule has 0 aliphatic carbocycles. The first-order valence-corrected chi connectivity index (χ1v) is 11.2. The summed E-state index contributed by atoms with van der Waals surface area (Å²) in [7, 11) is 0. The van der Waals surface area contributed by atoms with Crippen molar-refractivity contribution >= 4 is 0 Å². The number of hydrogen-bond donors (Lipinski definition) is 0. The van der Waals surface area contributed by atoms with Gasteiger partial charge in [-0.2, -0.15) is 10.5 Å². The second-order valence-electron chi connectivity index (χ2n) is 10.3. The van der Waals surface area contributed by atoms with Gasteiger partial charge in [-0.3, -0.25) is 0 Å². The van der Waals surface area contributed by atoms with Crippen LogP contribution in [-0.4, -0.2) is 0 Å². The number of nitrogens with zero attached hydrogens (tertiary/aromatic N) is 2. The highest BCUT2D eigenvalue weighted by molar-refractivity contribution is 5.61. The van der Waals surface area contributed by atoms with Crippen LogP contribution in [0.1, 0.15) is 86.1 Å². The van der Waals surface area contributed by atoms with Crippen LogP contribution in [0, 0.1) is 46.3 Å². The lowest BCUT2D eigenvalue weighted by Crippen LogP contribution is -2.10. The molecule has 0 unspecified atom stereocenters. The summed E-state index contributed by atoms with van der Waals surface area (Å²) in [4.78, 5) is 0. The zero-order valence-electron chi connectivity index (χ0n) is 20.7. The molecular weight excluding hydrogens is 412 g/mol. The van der Waals surface area contributed by atoms with Gasteiger partial charge >= 0.3 is 0 Å². The molecular formula is C32H28N2. The molecule has 0 spiro atoms. The van der Waals surface area contributed by atoms with E-state index < -0.39 is 0 Å². The van der Waals surface area contributed by atoms with Gasteiger partial charge in [0.15, 0.2) is 0 Å². The fraction of sp³-hybridized carbons (Fsp3) is 0.250. The van der Waals surface area contributed by atoms with E-state index in [1.54, 1.807) is 12.1 Å². The summed E-state index contributed by atoms with van der Waals surface area (Å²) in [6.07, 6.45) is 0. The van der Waals surface area contributed by atoms with Crippen LogP contribution in [-0.2, 0) is 10.8 Å². The minimum atomic E-state index is 0.0780. The second kappa shape index (κ2) is 9.72. The lowest BCUT2D eigenvalue weighted by molar-refractivity contribution is 0.590. The van der Waals surface area contributed by atoms with Crippen molar-refractivity contribution in [2.75, 3.05) is 0 Å². The van der Waals surface area contributed by atoms with E-state index >= 15 is 0 Å². The molecule has 166 valence electrons. The normalized spacial score (nSPS) is 10.7. The minimum absolute atomic E-state index is 0.0780. The highest BCUT2D eigenvalue weighted by Gasteiger charge is 2.13. The third-order valence-electron chi connectivity index (χ3n) is 5.58. The second-order valence-corrected chi connectivity index (χ2v) is 10.3. The third kappa shape index (κ3) is 5.96. The highest BCUT2D eigenvalue weighted by Crippen LogP contribution is 2.23. The Morgan fingerprint density at radius 3 is 1.06 bits per heavy atom. The minimum Gasteiger partial charge on any atom is -0.192 e. The van der Waals surface area contributed by atoms with Crippen LogP contribution < -0.4 is 0 Å².